The smallest absolute Gasteiger partial charge is 0.323 e. The molecule has 1 aliphatic heterocycles. The molecule has 1 saturated heterocycles. The zero-order valence-corrected chi connectivity index (χ0v) is 14.3. The Balaban J connectivity index is 2.00. The van der Waals surface area contributed by atoms with Crippen molar-refractivity contribution in [2.24, 2.45) is 11.8 Å². The molecular formula is C17H28N2O4. The highest BCUT2D eigenvalue weighted by molar-refractivity contribution is 5.91. The Morgan fingerprint density at radius 2 is 1.87 bits per heavy atom. The first-order chi connectivity index (χ1) is 10.8. The first-order valence-electron chi connectivity index (χ1n) is 8.61. The first-order valence-corrected chi connectivity index (χ1v) is 8.61. The van der Waals surface area contributed by atoms with Gasteiger partial charge in [0, 0.05) is 25.0 Å². The van der Waals surface area contributed by atoms with Gasteiger partial charge in [-0.25, -0.2) is 0 Å². The minimum absolute atomic E-state index is 0.0435. The Morgan fingerprint density at radius 3 is 2.39 bits per heavy atom. The number of aliphatic carboxylic acids is 1. The molecule has 23 heavy (non-hydrogen) atoms. The van der Waals surface area contributed by atoms with E-state index in [1.807, 2.05) is 4.90 Å². The number of carboxylic acids is 1. The standard InChI is InChI=1S/C17H28N2O4/c1-11(2)18(10-16(21)22)17(23)13-8-15(20)19(9-13)14-6-4-12(3)5-7-14/h11-14H,4-10H2,1-3H3,(H,21,22). The third kappa shape index (κ3) is 4.24. The normalized spacial score (nSPS) is 28.3. The Hall–Kier alpha value is -1.59. The molecule has 2 amide bonds. The zero-order valence-electron chi connectivity index (χ0n) is 14.3. The molecular weight excluding hydrogens is 296 g/mol. The largest absolute Gasteiger partial charge is 0.480 e. The highest BCUT2D eigenvalue weighted by Crippen LogP contribution is 2.31. The molecule has 0 radical (unpaired) electrons. The number of carbonyl (C=O) groups is 3. The minimum atomic E-state index is -1.02. The van der Waals surface area contributed by atoms with Gasteiger partial charge in [-0.15, -0.1) is 0 Å². The highest BCUT2D eigenvalue weighted by Gasteiger charge is 2.40. The van der Waals surface area contributed by atoms with E-state index in [-0.39, 0.29) is 36.9 Å². The predicted molar refractivity (Wildman–Crippen MR) is 85.7 cm³/mol. The number of likely N-dealkylation sites (tertiary alicyclic amines) is 1. The van der Waals surface area contributed by atoms with Crippen LogP contribution >= 0.6 is 0 Å². The molecule has 1 N–H and O–H groups in total. The van der Waals surface area contributed by atoms with E-state index in [0.717, 1.165) is 25.7 Å². The molecule has 1 aliphatic carbocycles. The van der Waals surface area contributed by atoms with Gasteiger partial charge in [-0.3, -0.25) is 14.4 Å². The molecule has 2 aliphatic rings. The quantitative estimate of drug-likeness (QED) is 0.835. The van der Waals surface area contributed by atoms with Gasteiger partial charge in [-0.1, -0.05) is 6.92 Å². The summed E-state index contributed by atoms with van der Waals surface area (Å²) in [7, 11) is 0. The summed E-state index contributed by atoms with van der Waals surface area (Å²) in [6.07, 6.45) is 4.50. The van der Waals surface area contributed by atoms with Crippen LogP contribution in [0.1, 0.15) is 52.9 Å². The van der Waals surface area contributed by atoms with Gasteiger partial charge in [0.1, 0.15) is 6.54 Å². The average Bonchev–Trinajstić information content (AvgIpc) is 2.86. The van der Waals surface area contributed by atoms with E-state index in [1.165, 1.54) is 4.90 Å². The van der Waals surface area contributed by atoms with Gasteiger partial charge in [0.25, 0.3) is 0 Å². The van der Waals surface area contributed by atoms with E-state index in [2.05, 4.69) is 6.92 Å². The maximum absolute atomic E-state index is 12.6. The van der Waals surface area contributed by atoms with E-state index in [0.29, 0.717) is 12.5 Å². The van der Waals surface area contributed by atoms with E-state index < -0.39 is 11.9 Å². The van der Waals surface area contributed by atoms with Crippen LogP contribution in [0.25, 0.3) is 0 Å². The Labute approximate surface area is 137 Å². The summed E-state index contributed by atoms with van der Waals surface area (Å²) in [5.41, 5.74) is 0. The molecule has 0 aromatic carbocycles. The molecule has 2 rings (SSSR count). The molecule has 1 saturated carbocycles. The molecule has 0 bridgehead atoms. The van der Waals surface area contributed by atoms with Gasteiger partial charge in [0.2, 0.25) is 11.8 Å². The first kappa shape index (κ1) is 17.8. The van der Waals surface area contributed by atoms with Gasteiger partial charge in [-0.05, 0) is 45.4 Å². The fourth-order valence-electron chi connectivity index (χ4n) is 3.70. The molecule has 6 nitrogen and oxygen atoms in total. The second-order valence-electron chi connectivity index (χ2n) is 7.31. The summed E-state index contributed by atoms with van der Waals surface area (Å²) in [6, 6.07) is 0.0711. The van der Waals surface area contributed by atoms with Crippen LogP contribution in [0.15, 0.2) is 0 Å². The lowest BCUT2D eigenvalue weighted by Crippen LogP contribution is -2.45. The molecule has 2 fully saturated rings. The summed E-state index contributed by atoms with van der Waals surface area (Å²) >= 11 is 0. The van der Waals surface area contributed by atoms with Crippen LogP contribution in [-0.4, -0.2) is 57.9 Å². The zero-order chi connectivity index (χ0) is 17.1. The summed E-state index contributed by atoms with van der Waals surface area (Å²) in [6.45, 7) is 5.98. The number of carbonyl (C=O) groups excluding carboxylic acids is 2. The van der Waals surface area contributed by atoms with Crippen molar-refractivity contribution in [1.82, 2.24) is 9.80 Å². The molecule has 0 aromatic rings. The Kier molecular flexibility index (Phi) is 5.65. The van der Waals surface area contributed by atoms with Crippen molar-refractivity contribution in [1.29, 1.82) is 0 Å². The molecule has 130 valence electrons. The van der Waals surface area contributed by atoms with Crippen LogP contribution in [0.3, 0.4) is 0 Å². The third-order valence-electron chi connectivity index (χ3n) is 5.15. The van der Waals surface area contributed by atoms with Crippen molar-refractivity contribution in [2.75, 3.05) is 13.1 Å². The monoisotopic (exact) mass is 324 g/mol. The van der Waals surface area contributed by atoms with E-state index in [1.54, 1.807) is 13.8 Å². The number of amides is 2. The summed E-state index contributed by atoms with van der Waals surface area (Å²) in [4.78, 5) is 39.2. The van der Waals surface area contributed by atoms with Crippen LogP contribution in [-0.2, 0) is 14.4 Å². The second kappa shape index (κ2) is 7.32. The minimum Gasteiger partial charge on any atom is -0.480 e. The lowest BCUT2D eigenvalue weighted by Gasteiger charge is -2.34. The fraction of sp³-hybridized carbons (Fsp3) is 0.824. The van der Waals surface area contributed by atoms with Gasteiger partial charge < -0.3 is 14.9 Å². The summed E-state index contributed by atoms with van der Waals surface area (Å²) in [5.74, 6) is -0.865. The van der Waals surface area contributed by atoms with Crippen molar-refractivity contribution in [2.45, 2.75) is 65.0 Å². The third-order valence-corrected chi connectivity index (χ3v) is 5.15. The summed E-state index contributed by atoms with van der Waals surface area (Å²) in [5, 5.41) is 8.99. The fourth-order valence-corrected chi connectivity index (χ4v) is 3.70. The summed E-state index contributed by atoms with van der Waals surface area (Å²) < 4.78 is 0. The molecule has 1 heterocycles. The predicted octanol–water partition coefficient (Wildman–Crippen LogP) is 1.74. The van der Waals surface area contributed by atoms with Crippen molar-refractivity contribution < 1.29 is 19.5 Å². The lowest BCUT2D eigenvalue weighted by atomic mass is 9.86. The lowest BCUT2D eigenvalue weighted by molar-refractivity contribution is -0.147. The average molecular weight is 324 g/mol. The van der Waals surface area contributed by atoms with Crippen molar-refractivity contribution in [3.8, 4) is 0 Å². The van der Waals surface area contributed by atoms with Crippen LogP contribution in [0.5, 0.6) is 0 Å². The maximum atomic E-state index is 12.6. The van der Waals surface area contributed by atoms with E-state index >= 15 is 0 Å². The number of hydrogen-bond donors (Lipinski definition) is 1. The number of hydrogen-bond acceptors (Lipinski definition) is 3. The second-order valence-corrected chi connectivity index (χ2v) is 7.31. The van der Waals surface area contributed by atoms with Crippen molar-refractivity contribution >= 4 is 17.8 Å². The number of carboxylic acid groups (broad SMARTS) is 1. The van der Waals surface area contributed by atoms with E-state index in [9.17, 15) is 14.4 Å². The molecule has 0 aromatic heterocycles. The Bertz CT molecular complexity index is 469. The topological polar surface area (TPSA) is 77.9 Å². The number of rotatable bonds is 5. The molecule has 1 atom stereocenters. The molecule has 1 unspecified atom stereocenters. The molecule has 0 spiro atoms. The van der Waals surface area contributed by atoms with Crippen molar-refractivity contribution in [3.63, 3.8) is 0 Å². The van der Waals surface area contributed by atoms with Crippen LogP contribution < -0.4 is 0 Å². The van der Waals surface area contributed by atoms with E-state index in [4.69, 9.17) is 5.11 Å². The molecule has 6 heteroatoms. The highest BCUT2D eigenvalue weighted by atomic mass is 16.4. The van der Waals surface area contributed by atoms with Gasteiger partial charge in [0.15, 0.2) is 0 Å². The SMILES string of the molecule is CC1CCC(N2CC(C(=O)N(CC(=O)O)C(C)C)CC2=O)CC1. The van der Waals surface area contributed by atoms with Crippen LogP contribution in [0, 0.1) is 11.8 Å². The van der Waals surface area contributed by atoms with Crippen LogP contribution in [0.4, 0.5) is 0 Å². The van der Waals surface area contributed by atoms with Crippen molar-refractivity contribution in [3.05, 3.63) is 0 Å². The van der Waals surface area contributed by atoms with Gasteiger partial charge >= 0.3 is 5.97 Å². The maximum Gasteiger partial charge on any atom is 0.323 e. The Morgan fingerprint density at radius 1 is 1.26 bits per heavy atom. The van der Waals surface area contributed by atoms with Gasteiger partial charge in [-0.2, -0.15) is 0 Å². The van der Waals surface area contributed by atoms with Gasteiger partial charge in [0.05, 0.1) is 5.92 Å². The number of nitrogens with zero attached hydrogens (tertiary/aromatic N) is 2. The van der Waals surface area contributed by atoms with Crippen LogP contribution in [0.2, 0.25) is 0 Å².